The van der Waals surface area contributed by atoms with E-state index in [9.17, 15) is 22.8 Å². The molecular formula is C16H11Cl2F3N2O2. The van der Waals surface area contributed by atoms with Crippen LogP contribution in [0, 0.1) is 0 Å². The summed E-state index contributed by atoms with van der Waals surface area (Å²) in [6.07, 6.45) is -4.97. The second-order valence-electron chi connectivity index (χ2n) is 4.92. The number of alkyl halides is 3. The van der Waals surface area contributed by atoms with Crippen molar-refractivity contribution in [3.63, 3.8) is 0 Å². The van der Waals surface area contributed by atoms with Crippen molar-refractivity contribution in [2.45, 2.75) is 12.7 Å². The lowest BCUT2D eigenvalue weighted by Gasteiger charge is -2.13. The van der Waals surface area contributed by atoms with Gasteiger partial charge in [0.05, 0.1) is 10.0 Å². The van der Waals surface area contributed by atoms with Crippen LogP contribution < -0.4 is 10.6 Å². The Morgan fingerprint density at radius 1 is 1.00 bits per heavy atom. The standard InChI is InChI=1S/C16H11Cl2F3N2O2/c17-11-6-5-9(7-12(11)18)14(24)23-13-4-2-1-3-10(13)8-22-15(25)16(19,20)21/h1-7H,8H2,(H,22,25)(H,23,24). The van der Waals surface area contributed by atoms with E-state index in [0.29, 0.717) is 5.56 Å². The number of hydrogen-bond donors (Lipinski definition) is 2. The molecule has 0 aromatic heterocycles. The Balaban J connectivity index is 2.13. The number of anilines is 1. The van der Waals surface area contributed by atoms with Gasteiger partial charge in [0.1, 0.15) is 0 Å². The summed E-state index contributed by atoms with van der Waals surface area (Å²) in [5, 5.41) is 4.80. The molecule has 0 radical (unpaired) electrons. The van der Waals surface area contributed by atoms with E-state index in [4.69, 9.17) is 23.2 Å². The minimum Gasteiger partial charge on any atom is -0.344 e. The molecule has 9 heteroatoms. The Bertz CT molecular complexity index is 810. The minimum atomic E-state index is -4.97. The summed E-state index contributed by atoms with van der Waals surface area (Å²) in [5.41, 5.74) is 0.804. The Morgan fingerprint density at radius 2 is 1.68 bits per heavy atom. The van der Waals surface area contributed by atoms with Crippen LogP contribution in [0.4, 0.5) is 18.9 Å². The molecule has 0 aliphatic carbocycles. The van der Waals surface area contributed by atoms with E-state index >= 15 is 0 Å². The number of hydrogen-bond acceptors (Lipinski definition) is 2. The Morgan fingerprint density at radius 3 is 2.32 bits per heavy atom. The van der Waals surface area contributed by atoms with Crippen LogP contribution in [-0.4, -0.2) is 18.0 Å². The Labute approximate surface area is 150 Å². The van der Waals surface area contributed by atoms with Gasteiger partial charge >= 0.3 is 12.1 Å². The predicted molar refractivity (Wildman–Crippen MR) is 88.8 cm³/mol. The van der Waals surface area contributed by atoms with Crippen molar-refractivity contribution in [3.8, 4) is 0 Å². The van der Waals surface area contributed by atoms with Gasteiger partial charge in [0.15, 0.2) is 0 Å². The molecule has 0 saturated carbocycles. The van der Waals surface area contributed by atoms with Gasteiger partial charge in [0.25, 0.3) is 5.91 Å². The molecule has 25 heavy (non-hydrogen) atoms. The fraction of sp³-hybridized carbons (Fsp3) is 0.125. The summed E-state index contributed by atoms with van der Waals surface area (Å²) in [6.45, 7) is -0.393. The second-order valence-corrected chi connectivity index (χ2v) is 5.73. The number of carbonyl (C=O) groups is 2. The Hall–Kier alpha value is -2.25. The first-order chi connectivity index (χ1) is 11.7. The molecule has 0 unspecified atom stereocenters. The van der Waals surface area contributed by atoms with Crippen LogP contribution in [0.5, 0.6) is 0 Å². The van der Waals surface area contributed by atoms with Gasteiger partial charge in [-0.2, -0.15) is 13.2 Å². The monoisotopic (exact) mass is 390 g/mol. The van der Waals surface area contributed by atoms with Gasteiger partial charge in [-0.25, -0.2) is 0 Å². The molecule has 4 nitrogen and oxygen atoms in total. The first-order valence-corrected chi connectivity index (χ1v) is 7.63. The largest absolute Gasteiger partial charge is 0.471 e. The van der Waals surface area contributed by atoms with Crippen LogP contribution in [0.3, 0.4) is 0 Å². The zero-order valence-corrected chi connectivity index (χ0v) is 14.0. The molecular weight excluding hydrogens is 380 g/mol. The lowest BCUT2D eigenvalue weighted by molar-refractivity contribution is -0.173. The number of halogens is 5. The topological polar surface area (TPSA) is 58.2 Å². The van der Waals surface area contributed by atoms with E-state index in [0.717, 1.165) is 0 Å². The zero-order valence-electron chi connectivity index (χ0n) is 12.5. The molecule has 0 aliphatic rings. The number of nitrogens with one attached hydrogen (secondary N) is 2. The van der Waals surface area contributed by atoms with Crippen molar-refractivity contribution in [2.75, 3.05) is 5.32 Å². The van der Waals surface area contributed by atoms with Crippen LogP contribution in [0.1, 0.15) is 15.9 Å². The van der Waals surface area contributed by atoms with Crippen LogP contribution >= 0.6 is 23.2 Å². The predicted octanol–water partition coefficient (Wildman–Crippen LogP) is 4.42. The highest BCUT2D eigenvalue weighted by atomic mass is 35.5. The number of rotatable bonds is 4. The van der Waals surface area contributed by atoms with Crippen molar-refractivity contribution >= 4 is 40.7 Å². The number of amides is 2. The molecule has 0 atom stereocenters. The van der Waals surface area contributed by atoms with Gasteiger partial charge in [-0.15, -0.1) is 0 Å². The van der Waals surface area contributed by atoms with Crippen LogP contribution in [0.15, 0.2) is 42.5 Å². The zero-order chi connectivity index (χ0) is 18.6. The maximum absolute atomic E-state index is 12.2. The summed E-state index contributed by atoms with van der Waals surface area (Å²) >= 11 is 11.6. The number of carbonyl (C=O) groups excluding carboxylic acids is 2. The van der Waals surface area contributed by atoms with Crippen molar-refractivity contribution in [1.82, 2.24) is 5.32 Å². The highest BCUT2D eigenvalue weighted by Crippen LogP contribution is 2.24. The van der Waals surface area contributed by atoms with E-state index < -0.39 is 24.5 Å². The summed E-state index contributed by atoms with van der Waals surface area (Å²) in [6, 6.07) is 10.4. The molecule has 0 saturated heterocycles. The molecule has 2 N–H and O–H groups in total. The van der Waals surface area contributed by atoms with Crippen molar-refractivity contribution in [3.05, 3.63) is 63.6 Å². The fourth-order valence-electron chi connectivity index (χ4n) is 1.90. The molecule has 0 bridgehead atoms. The lowest BCUT2D eigenvalue weighted by Crippen LogP contribution is -2.36. The molecule has 0 spiro atoms. The molecule has 2 rings (SSSR count). The summed E-state index contributed by atoms with van der Waals surface area (Å²) < 4.78 is 36.7. The molecule has 2 aromatic rings. The van der Waals surface area contributed by atoms with Crippen LogP contribution in [0.25, 0.3) is 0 Å². The SMILES string of the molecule is O=C(Nc1ccccc1CNC(=O)C(F)(F)F)c1ccc(Cl)c(Cl)c1. The van der Waals surface area contributed by atoms with Gasteiger partial charge in [-0.05, 0) is 29.8 Å². The minimum absolute atomic E-state index is 0.194. The van der Waals surface area contributed by atoms with Crippen molar-refractivity contribution in [1.29, 1.82) is 0 Å². The molecule has 0 fully saturated rings. The summed E-state index contributed by atoms with van der Waals surface area (Å²) in [7, 11) is 0. The average molecular weight is 391 g/mol. The molecule has 0 aliphatic heterocycles. The molecule has 0 heterocycles. The lowest BCUT2D eigenvalue weighted by atomic mass is 10.1. The third-order valence-electron chi connectivity index (χ3n) is 3.14. The van der Waals surface area contributed by atoms with Crippen LogP contribution in [-0.2, 0) is 11.3 Å². The van der Waals surface area contributed by atoms with E-state index in [1.54, 1.807) is 17.4 Å². The van der Waals surface area contributed by atoms with Gasteiger partial charge < -0.3 is 10.6 Å². The fourth-order valence-corrected chi connectivity index (χ4v) is 2.20. The average Bonchev–Trinajstić information content (AvgIpc) is 2.55. The quantitative estimate of drug-likeness (QED) is 0.811. The van der Waals surface area contributed by atoms with Gasteiger partial charge in [0.2, 0.25) is 0 Å². The number of para-hydroxylation sites is 1. The van der Waals surface area contributed by atoms with Crippen molar-refractivity contribution in [2.24, 2.45) is 0 Å². The smallest absolute Gasteiger partial charge is 0.344 e. The first kappa shape index (κ1) is 19.1. The third kappa shape index (κ3) is 5.11. The highest BCUT2D eigenvalue weighted by Gasteiger charge is 2.38. The first-order valence-electron chi connectivity index (χ1n) is 6.88. The Kier molecular flexibility index (Phi) is 5.92. The maximum atomic E-state index is 12.2. The van der Waals surface area contributed by atoms with Gasteiger partial charge in [0, 0.05) is 17.8 Å². The van der Waals surface area contributed by atoms with E-state index in [1.165, 1.54) is 30.3 Å². The van der Waals surface area contributed by atoms with E-state index in [-0.39, 0.29) is 21.3 Å². The van der Waals surface area contributed by atoms with Crippen molar-refractivity contribution < 1.29 is 22.8 Å². The van der Waals surface area contributed by atoms with E-state index in [1.807, 2.05) is 0 Å². The maximum Gasteiger partial charge on any atom is 0.471 e. The molecule has 2 amide bonds. The van der Waals surface area contributed by atoms with Crippen LogP contribution in [0.2, 0.25) is 10.0 Å². The summed E-state index contributed by atoms with van der Waals surface area (Å²) in [5.74, 6) is -2.58. The third-order valence-corrected chi connectivity index (χ3v) is 3.88. The van der Waals surface area contributed by atoms with Gasteiger partial charge in [-0.3, -0.25) is 9.59 Å². The molecule has 2 aromatic carbocycles. The van der Waals surface area contributed by atoms with E-state index in [2.05, 4.69) is 5.32 Å². The number of benzene rings is 2. The molecule has 132 valence electrons. The highest BCUT2D eigenvalue weighted by molar-refractivity contribution is 6.42. The van der Waals surface area contributed by atoms with Gasteiger partial charge in [-0.1, -0.05) is 41.4 Å². The summed E-state index contributed by atoms with van der Waals surface area (Å²) in [4.78, 5) is 23.2. The normalized spacial score (nSPS) is 11.1. The second kappa shape index (κ2) is 7.76.